The highest BCUT2D eigenvalue weighted by molar-refractivity contribution is 5.15. The average Bonchev–Trinajstić information content (AvgIpc) is 2.27. The fourth-order valence-electron chi connectivity index (χ4n) is 4.04. The summed E-state index contributed by atoms with van der Waals surface area (Å²) in [5, 5.41) is 0. The Morgan fingerprint density at radius 2 is 1.18 bits per heavy atom. The zero-order chi connectivity index (χ0) is 17.4. The summed E-state index contributed by atoms with van der Waals surface area (Å²) >= 11 is 0. The van der Waals surface area contributed by atoms with Crippen LogP contribution in [0.5, 0.6) is 0 Å². The zero-order valence-corrected chi connectivity index (χ0v) is 16.6. The quantitative estimate of drug-likeness (QED) is 0.745. The van der Waals surface area contributed by atoms with E-state index in [1.54, 1.807) is 0 Å². The summed E-state index contributed by atoms with van der Waals surface area (Å²) in [5.41, 5.74) is 14.0. The molecule has 1 saturated carbocycles. The summed E-state index contributed by atoms with van der Waals surface area (Å²) in [6.45, 7) is 18.4. The fourth-order valence-corrected chi connectivity index (χ4v) is 4.04. The first-order valence-corrected chi connectivity index (χ1v) is 9.20. The monoisotopic (exact) mass is 310 g/mol. The van der Waals surface area contributed by atoms with Gasteiger partial charge in [0.1, 0.15) is 0 Å². The highest BCUT2D eigenvalue weighted by Gasteiger charge is 2.56. The molecule has 0 bridgehead atoms. The molecule has 0 aromatic heterocycles. The summed E-state index contributed by atoms with van der Waals surface area (Å²) in [4.78, 5) is 0. The van der Waals surface area contributed by atoms with E-state index < -0.39 is 0 Å². The SMILES string of the molecule is CC(C)(C)CCC1(CCC(C)(C)C)CCC[C@](C)(N)[C@@]1(C)N. The number of hydrogen-bond acceptors (Lipinski definition) is 2. The van der Waals surface area contributed by atoms with E-state index in [1.165, 1.54) is 38.5 Å². The molecule has 0 heterocycles. The van der Waals surface area contributed by atoms with Gasteiger partial charge < -0.3 is 11.5 Å². The second-order valence-corrected chi connectivity index (χ2v) is 10.9. The van der Waals surface area contributed by atoms with Crippen molar-refractivity contribution >= 4 is 0 Å². The predicted octanol–water partition coefficient (Wildman–Crippen LogP) is 5.24. The first-order chi connectivity index (χ1) is 9.62. The Bertz CT molecular complexity index is 348. The number of hydrogen-bond donors (Lipinski definition) is 2. The van der Waals surface area contributed by atoms with Gasteiger partial charge >= 0.3 is 0 Å². The molecule has 0 aromatic carbocycles. The van der Waals surface area contributed by atoms with Gasteiger partial charge in [-0.15, -0.1) is 0 Å². The summed E-state index contributed by atoms with van der Waals surface area (Å²) in [6.07, 6.45) is 8.35. The normalized spacial score (nSPS) is 33.0. The van der Waals surface area contributed by atoms with Crippen molar-refractivity contribution < 1.29 is 0 Å². The molecule has 22 heavy (non-hydrogen) atoms. The van der Waals surface area contributed by atoms with Crippen molar-refractivity contribution in [3.8, 4) is 0 Å². The van der Waals surface area contributed by atoms with Crippen LogP contribution in [0.15, 0.2) is 0 Å². The van der Waals surface area contributed by atoms with Crippen molar-refractivity contribution in [3.05, 3.63) is 0 Å². The van der Waals surface area contributed by atoms with Gasteiger partial charge in [0, 0.05) is 11.1 Å². The van der Waals surface area contributed by atoms with Gasteiger partial charge in [-0.05, 0) is 68.6 Å². The molecule has 2 atom stereocenters. The molecule has 132 valence electrons. The molecule has 1 aliphatic rings. The molecule has 0 saturated heterocycles. The Balaban J connectivity index is 3.09. The van der Waals surface area contributed by atoms with Crippen molar-refractivity contribution in [3.63, 3.8) is 0 Å². The van der Waals surface area contributed by atoms with E-state index in [2.05, 4.69) is 55.4 Å². The van der Waals surface area contributed by atoms with E-state index in [0.717, 1.165) is 6.42 Å². The topological polar surface area (TPSA) is 52.0 Å². The van der Waals surface area contributed by atoms with Crippen molar-refractivity contribution in [2.75, 3.05) is 0 Å². The molecular weight excluding hydrogens is 268 g/mol. The van der Waals surface area contributed by atoms with Crippen LogP contribution in [0.4, 0.5) is 0 Å². The van der Waals surface area contributed by atoms with Crippen LogP contribution < -0.4 is 11.5 Å². The largest absolute Gasteiger partial charge is 0.324 e. The zero-order valence-electron chi connectivity index (χ0n) is 16.6. The Kier molecular flexibility index (Phi) is 5.53. The molecule has 4 N–H and O–H groups in total. The second kappa shape index (κ2) is 6.09. The van der Waals surface area contributed by atoms with Crippen LogP contribution in [-0.2, 0) is 0 Å². The first kappa shape index (κ1) is 20.0. The smallest absolute Gasteiger partial charge is 0.0362 e. The van der Waals surface area contributed by atoms with Crippen molar-refractivity contribution in [2.24, 2.45) is 27.7 Å². The van der Waals surface area contributed by atoms with Crippen molar-refractivity contribution in [2.45, 2.75) is 111 Å². The van der Waals surface area contributed by atoms with Crippen LogP contribution >= 0.6 is 0 Å². The van der Waals surface area contributed by atoms with Gasteiger partial charge in [0.15, 0.2) is 0 Å². The van der Waals surface area contributed by atoms with Crippen molar-refractivity contribution in [1.29, 1.82) is 0 Å². The molecule has 0 radical (unpaired) electrons. The minimum atomic E-state index is -0.297. The lowest BCUT2D eigenvalue weighted by atomic mass is 9.51. The third-order valence-corrected chi connectivity index (χ3v) is 6.35. The lowest BCUT2D eigenvalue weighted by molar-refractivity contribution is -0.0178. The van der Waals surface area contributed by atoms with E-state index in [1.807, 2.05) is 0 Å². The molecule has 2 nitrogen and oxygen atoms in total. The molecule has 1 aliphatic carbocycles. The van der Waals surface area contributed by atoms with Crippen LogP contribution in [0.3, 0.4) is 0 Å². The van der Waals surface area contributed by atoms with E-state index in [-0.39, 0.29) is 16.5 Å². The molecular formula is C20H42N2. The lowest BCUT2D eigenvalue weighted by Crippen LogP contribution is -2.72. The minimum Gasteiger partial charge on any atom is -0.324 e. The maximum Gasteiger partial charge on any atom is 0.0362 e. The fraction of sp³-hybridized carbons (Fsp3) is 1.00. The Labute approximate surface area is 139 Å². The van der Waals surface area contributed by atoms with Crippen LogP contribution in [0, 0.1) is 16.2 Å². The minimum absolute atomic E-state index is 0.176. The van der Waals surface area contributed by atoms with Gasteiger partial charge in [-0.25, -0.2) is 0 Å². The molecule has 1 rings (SSSR count). The van der Waals surface area contributed by atoms with Crippen molar-refractivity contribution in [1.82, 2.24) is 0 Å². The maximum absolute atomic E-state index is 6.97. The number of rotatable bonds is 4. The summed E-state index contributed by atoms with van der Waals surface area (Å²) in [5.74, 6) is 0. The van der Waals surface area contributed by atoms with Gasteiger partial charge in [-0.1, -0.05) is 48.0 Å². The highest BCUT2D eigenvalue weighted by Crippen LogP contribution is 2.54. The molecule has 0 spiro atoms. The van der Waals surface area contributed by atoms with E-state index >= 15 is 0 Å². The summed E-state index contributed by atoms with van der Waals surface area (Å²) < 4.78 is 0. The molecule has 0 aromatic rings. The van der Waals surface area contributed by atoms with Crippen LogP contribution in [0.2, 0.25) is 0 Å². The van der Waals surface area contributed by atoms with Gasteiger partial charge in [-0.3, -0.25) is 0 Å². The van der Waals surface area contributed by atoms with Crippen LogP contribution in [0.1, 0.15) is 100 Å². The molecule has 0 amide bonds. The van der Waals surface area contributed by atoms with Gasteiger partial charge in [0.05, 0.1) is 0 Å². The Morgan fingerprint density at radius 1 is 0.773 bits per heavy atom. The summed E-state index contributed by atoms with van der Waals surface area (Å²) in [7, 11) is 0. The lowest BCUT2D eigenvalue weighted by Gasteiger charge is -2.59. The third kappa shape index (κ3) is 4.47. The number of nitrogens with two attached hydrogens (primary N) is 2. The maximum atomic E-state index is 6.97. The molecule has 0 aliphatic heterocycles. The molecule has 0 unspecified atom stereocenters. The van der Waals surface area contributed by atoms with Gasteiger partial charge in [-0.2, -0.15) is 0 Å². The molecule has 1 fully saturated rings. The van der Waals surface area contributed by atoms with Gasteiger partial charge in [0.25, 0.3) is 0 Å². The second-order valence-electron chi connectivity index (χ2n) is 10.9. The van der Waals surface area contributed by atoms with Crippen LogP contribution in [0.25, 0.3) is 0 Å². The third-order valence-electron chi connectivity index (χ3n) is 6.35. The van der Waals surface area contributed by atoms with Gasteiger partial charge in [0.2, 0.25) is 0 Å². The first-order valence-electron chi connectivity index (χ1n) is 9.20. The molecule has 2 heteroatoms. The average molecular weight is 311 g/mol. The standard InChI is InChI=1S/C20H42N2/c1-16(2,3)12-14-20(15-13-17(4,5)6)11-9-10-18(7,21)19(20,8)22/h9-15,21-22H2,1-8H3/t18-,19+/m0/s1. The Morgan fingerprint density at radius 3 is 1.55 bits per heavy atom. The predicted molar refractivity (Wildman–Crippen MR) is 98.8 cm³/mol. The summed E-state index contributed by atoms with van der Waals surface area (Å²) in [6, 6.07) is 0. The van der Waals surface area contributed by atoms with Crippen LogP contribution in [-0.4, -0.2) is 11.1 Å². The Hall–Kier alpha value is -0.0800. The van der Waals surface area contributed by atoms with E-state index in [0.29, 0.717) is 10.8 Å². The highest BCUT2D eigenvalue weighted by atomic mass is 14.9. The van der Waals surface area contributed by atoms with E-state index in [9.17, 15) is 0 Å². The van der Waals surface area contributed by atoms with E-state index in [4.69, 9.17) is 11.5 Å².